The summed E-state index contributed by atoms with van der Waals surface area (Å²) in [5.74, 6) is 1.45. The summed E-state index contributed by atoms with van der Waals surface area (Å²) in [6.07, 6.45) is 5.48. The fourth-order valence-corrected chi connectivity index (χ4v) is 4.21. The molecule has 1 aromatic rings. The molecule has 0 heterocycles. The van der Waals surface area contributed by atoms with Crippen molar-refractivity contribution in [3.05, 3.63) is 28.2 Å². The van der Waals surface area contributed by atoms with Crippen molar-refractivity contribution in [2.24, 2.45) is 17.8 Å². The van der Waals surface area contributed by atoms with Crippen LogP contribution in [-0.2, 0) is 14.3 Å². The van der Waals surface area contributed by atoms with Crippen molar-refractivity contribution in [1.82, 2.24) is 0 Å². The molecule has 0 aromatic heterocycles. The van der Waals surface area contributed by atoms with Crippen LogP contribution in [0.4, 0.5) is 5.69 Å². The van der Waals surface area contributed by atoms with Crippen molar-refractivity contribution in [3.63, 3.8) is 0 Å². The lowest BCUT2D eigenvalue weighted by Gasteiger charge is -2.20. The third-order valence-electron chi connectivity index (χ3n) is 5.12. The number of esters is 1. The van der Waals surface area contributed by atoms with Gasteiger partial charge in [0.05, 0.1) is 0 Å². The Balaban J connectivity index is 1.41. The van der Waals surface area contributed by atoms with E-state index in [1.165, 1.54) is 19.3 Å². The molecule has 2 fully saturated rings. The molecule has 23 heavy (non-hydrogen) atoms. The van der Waals surface area contributed by atoms with E-state index < -0.39 is 0 Å². The number of carbonyl (C=O) groups is 2. The highest BCUT2D eigenvalue weighted by molar-refractivity contribution is 9.10. The number of rotatable bonds is 5. The number of ether oxygens (including phenoxy) is 1. The summed E-state index contributed by atoms with van der Waals surface area (Å²) in [7, 11) is 0. The second-order valence-corrected chi connectivity index (χ2v) is 7.67. The first-order valence-corrected chi connectivity index (χ1v) is 9.02. The molecule has 0 saturated heterocycles. The Labute approximate surface area is 145 Å². The Morgan fingerprint density at radius 3 is 2.78 bits per heavy atom. The molecule has 2 bridgehead atoms. The predicted molar refractivity (Wildman–Crippen MR) is 92.0 cm³/mol. The number of benzene rings is 1. The van der Waals surface area contributed by atoms with Crippen molar-refractivity contribution in [3.8, 4) is 0 Å². The SMILES string of the molecule is Cc1cc(NC(=O)COC(=O)C[C@H]2C[C@@H]3CC[C@@H]2C3)ccc1Br. The molecule has 2 saturated carbocycles. The van der Waals surface area contributed by atoms with Gasteiger partial charge in [0, 0.05) is 16.6 Å². The Bertz CT molecular complexity index is 616. The second kappa shape index (κ2) is 7.04. The van der Waals surface area contributed by atoms with Gasteiger partial charge in [-0.2, -0.15) is 0 Å². The molecule has 1 aromatic carbocycles. The van der Waals surface area contributed by atoms with Gasteiger partial charge in [-0.1, -0.05) is 22.4 Å². The standard InChI is InChI=1S/C18H22BrNO3/c1-11-6-15(4-5-16(11)19)20-17(21)10-23-18(22)9-14-8-12-2-3-13(14)7-12/h4-6,12-14H,2-3,7-10H2,1H3,(H,20,21)/t12-,13-,14-/m1/s1. The molecule has 1 amide bonds. The van der Waals surface area contributed by atoms with Crippen molar-refractivity contribution >= 4 is 33.5 Å². The monoisotopic (exact) mass is 379 g/mol. The summed E-state index contributed by atoms with van der Waals surface area (Å²) in [6, 6.07) is 5.57. The van der Waals surface area contributed by atoms with Gasteiger partial charge in [-0.25, -0.2) is 0 Å². The van der Waals surface area contributed by atoms with E-state index in [4.69, 9.17) is 4.74 Å². The number of hydrogen-bond donors (Lipinski definition) is 1. The van der Waals surface area contributed by atoms with Crippen molar-refractivity contribution in [2.75, 3.05) is 11.9 Å². The highest BCUT2D eigenvalue weighted by Crippen LogP contribution is 2.49. The molecule has 0 aliphatic heterocycles. The van der Waals surface area contributed by atoms with Crippen LogP contribution >= 0.6 is 15.9 Å². The van der Waals surface area contributed by atoms with Crippen LogP contribution < -0.4 is 5.32 Å². The van der Waals surface area contributed by atoms with E-state index in [2.05, 4.69) is 21.2 Å². The smallest absolute Gasteiger partial charge is 0.306 e. The van der Waals surface area contributed by atoms with Crippen LogP contribution in [0.1, 0.15) is 37.7 Å². The predicted octanol–water partition coefficient (Wildman–Crippen LogP) is 4.07. The molecular formula is C18H22BrNO3. The van der Waals surface area contributed by atoms with Gasteiger partial charge in [0.15, 0.2) is 6.61 Å². The maximum Gasteiger partial charge on any atom is 0.306 e. The summed E-state index contributed by atoms with van der Waals surface area (Å²) in [5, 5.41) is 2.75. The van der Waals surface area contributed by atoms with Gasteiger partial charge in [-0.15, -0.1) is 0 Å². The highest BCUT2D eigenvalue weighted by atomic mass is 79.9. The molecule has 0 spiro atoms. The van der Waals surface area contributed by atoms with Crippen molar-refractivity contribution < 1.29 is 14.3 Å². The molecule has 2 aliphatic rings. The van der Waals surface area contributed by atoms with Gasteiger partial charge in [0.1, 0.15) is 0 Å². The first-order chi connectivity index (χ1) is 11.0. The molecule has 3 rings (SSSR count). The molecule has 5 heteroatoms. The molecule has 0 radical (unpaired) electrons. The summed E-state index contributed by atoms with van der Waals surface area (Å²) >= 11 is 3.42. The summed E-state index contributed by atoms with van der Waals surface area (Å²) < 4.78 is 6.13. The van der Waals surface area contributed by atoms with Gasteiger partial charge in [-0.3, -0.25) is 9.59 Å². The zero-order valence-electron chi connectivity index (χ0n) is 13.3. The van der Waals surface area contributed by atoms with Crippen LogP contribution in [-0.4, -0.2) is 18.5 Å². The molecule has 3 atom stereocenters. The Morgan fingerprint density at radius 2 is 2.13 bits per heavy atom. The van der Waals surface area contributed by atoms with Crippen LogP contribution in [0, 0.1) is 24.7 Å². The zero-order valence-corrected chi connectivity index (χ0v) is 14.9. The lowest BCUT2D eigenvalue weighted by atomic mass is 9.86. The number of anilines is 1. The number of nitrogens with one attached hydrogen (secondary N) is 1. The minimum Gasteiger partial charge on any atom is -0.456 e. The minimum absolute atomic E-state index is 0.214. The van der Waals surface area contributed by atoms with Gasteiger partial charge in [0.2, 0.25) is 0 Å². The molecular weight excluding hydrogens is 358 g/mol. The van der Waals surface area contributed by atoms with E-state index in [-0.39, 0.29) is 18.5 Å². The number of carbonyl (C=O) groups excluding carboxylic acids is 2. The van der Waals surface area contributed by atoms with Crippen molar-refractivity contribution in [2.45, 2.75) is 39.0 Å². The van der Waals surface area contributed by atoms with E-state index in [1.54, 1.807) is 0 Å². The summed E-state index contributed by atoms with van der Waals surface area (Å²) in [5.41, 5.74) is 1.75. The third kappa shape index (κ3) is 4.14. The molecule has 4 nitrogen and oxygen atoms in total. The number of hydrogen-bond acceptors (Lipinski definition) is 3. The van der Waals surface area contributed by atoms with Gasteiger partial charge in [0.25, 0.3) is 5.91 Å². The van der Waals surface area contributed by atoms with Crippen molar-refractivity contribution in [1.29, 1.82) is 0 Å². The maximum absolute atomic E-state index is 11.9. The first kappa shape index (κ1) is 16.5. The second-order valence-electron chi connectivity index (χ2n) is 6.81. The van der Waals surface area contributed by atoms with Gasteiger partial charge in [-0.05, 0) is 67.7 Å². The number of aryl methyl sites for hydroxylation is 1. The topological polar surface area (TPSA) is 55.4 Å². The fourth-order valence-electron chi connectivity index (χ4n) is 3.97. The van der Waals surface area contributed by atoms with Gasteiger partial charge >= 0.3 is 5.97 Å². The lowest BCUT2D eigenvalue weighted by Crippen LogP contribution is -2.23. The molecule has 124 valence electrons. The van der Waals surface area contributed by atoms with Crippen LogP contribution in [0.5, 0.6) is 0 Å². The lowest BCUT2D eigenvalue weighted by molar-refractivity contribution is -0.148. The molecule has 2 aliphatic carbocycles. The fraction of sp³-hybridized carbons (Fsp3) is 0.556. The molecule has 1 N–H and O–H groups in total. The average Bonchev–Trinajstić information content (AvgIpc) is 3.12. The zero-order chi connectivity index (χ0) is 16.4. The summed E-state index contributed by atoms with van der Waals surface area (Å²) in [4.78, 5) is 23.8. The Kier molecular flexibility index (Phi) is 5.05. The van der Waals surface area contributed by atoms with E-state index >= 15 is 0 Å². The minimum atomic E-state index is -0.298. The van der Waals surface area contributed by atoms with Crippen LogP contribution in [0.25, 0.3) is 0 Å². The number of halogens is 1. The van der Waals surface area contributed by atoms with E-state index in [0.29, 0.717) is 23.9 Å². The van der Waals surface area contributed by atoms with E-state index in [1.807, 2.05) is 25.1 Å². The van der Waals surface area contributed by atoms with Crippen LogP contribution in [0.3, 0.4) is 0 Å². The normalized spacial score (nSPS) is 25.4. The highest BCUT2D eigenvalue weighted by Gasteiger charge is 2.40. The third-order valence-corrected chi connectivity index (χ3v) is 6.01. The first-order valence-electron chi connectivity index (χ1n) is 8.23. The van der Waals surface area contributed by atoms with Crippen LogP contribution in [0.15, 0.2) is 22.7 Å². The van der Waals surface area contributed by atoms with E-state index in [9.17, 15) is 9.59 Å². The number of amides is 1. The number of fused-ring (bicyclic) bond motifs is 2. The quantitative estimate of drug-likeness (QED) is 0.784. The Hall–Kier alpha value is -1.36. The van der Waals surface area contributed by atoms with E-state index in [0.717, 1.165) is 22.4 Å². The average molecular weight is 380 g/mol. The van der Waals surface area contributed by atoms with Crippen LogP contribution in [0.2, 0.25) is 0 Å². The summed E-state index contributed by atoms with van der Waals surface area (Å²) in [6.45, 7) is 1.74. The largest absolute Gasteiger partial charge is 0.456 e. The Morgan fingerprint density at radius 1 is 1.30 bits per heavy atom. The molecule has 0 unspecified atom stereocenters. The van der Waals surface area contributed by atoms with Gasteiger partial charge < -0.3 is 10.1 Å². The maximum atomic E-state index is 11.9.